The summed E-state index contributed by atoms with van der Waals surface area (Å²) in [6.07, 6.45) is -0.725. The number of aliphatic imine (C=N–C) groups is 2. The lowest BCUT2D eigenvalue weighted by atomic mass is 10.2. The van der Waals surface area contributed by atoms with Crippen LogP contribution in [0.25, 0.3) is 5.69 Å². The lowest BCUT2D eigenvalue weighted by Gasteiger charge is -2.26. The first-order valence-electron chi connectivity index (χ1n) is 12.4. The van der Waals surface area contributed by atoms with Gasteiger partial charge in [-0.2, -0.15) is 0 Å². The average Bonchev–Trinajstić information content (AvgIpc) is 3.33. The van der Waals surface area contributed by atoms with Crippen LogP contribution in [0.4, 0.5) is 5.95 Å². The third-order valence-electron chi connectivity index (χ3n) is 5.78. The molecule has 1 aromatic heterocycles. The minimum Gasteiger partial charge on any atom is -0.494 e. The maximum atomic E-state index is 13.8. The van der Waals surface area contributed by atoms with E-state index in [0.717, 1.165) is 0 Å². The van der Waals surface area contributed by atoms with E-state index < -0.39 is 27.5 Å². The summed E-state index contributed by atoms with van der Waals surface area (Å²) in [6.45, 7) is 11.1. The normalized spacial score (nSPS) is 18.4. The Morgan fingerprint density at radius 3 is 2.42 bits per heavy atom. The van der Waals surface area contributed by atoms with Crippen LogP contribution in [0, 0.1) is 0 Å². The summed E-state index contributed by atoms with van der Waals surface area (Å²) in [6, 6.07) is 5.15. The predicted molar refractivity (Wildman–Crippen MR) is 153 cm³/mol. The highest BCUT2D eigenvalue weighted by Gasteiger charge is 2.37. The van der Waals surface area contributed by atoms with E-state index in [1.807, 2.05) is 0 Å². The SMILES string of the molecule is C=NC(=N/C=C(\C)Cl)[C@H](OC(C)C)[C@H](C)S(=O)(=O)Nc1nnc([C@H]2COCCO2)n1-c1c(OC)cccc1OC. The first-order valence-corrected chi connectivity index (χ1v) is 14.4. The van der Waals surface area contributed by atoms with Crippen LogP contribution in [0.3, 0.4) is 0 Å². The van der Waals surface area contributed by atoms with E-state index in [9.17, 15) is 8.42 Å². The number of ether oxygens (including phenoxy) is 5. The third-order valence-corrected chi connectivity index (χ3v) is 7.57. The van der Waals surface area contributed by atoms with Crippen LogP contribution in [0.2, 0.25) is 0 Å². The van der Waals surface area contributed by atoms with Crippen molar-refractivity contribution >= 4 is 40.1 Å². The van der Waals surface area contributed by atoms with Crippen molar-refractivity contribution in [3.63, 3.8) is 0 Å². The summed E-state index contributed by atoms with van der Waals surface area (Å²) in [7, 11) is -1.24. The molecular formula is C25H35ClN6O7S. The number of hydrogen-bond donors (Lipinski definition) is 1. The second-order valence-electron chi connectivity index (χ2n) is 8.98. The number of methoxy groups -OCH3 is 2. The molecule has 13 nitrogen and oxygen atoms in total. The highest BCUT2D eigenvalue weighted by Crippen LogP contribution is 2.37. The van der Waals surface area contributed by atoms with Gasteiger partial charge in [0.2, 0.25) is 16.0 Å². The lowest BCUT2D eigenvalue weighted by molar-refractivity contribution is -0.0941. The van der Waals surface area contributed by atoms with Gasteiger partial charge in [-0.15, -0.1) is 10.2 Å². The Morgan fingerprint density at radius 2 is 1.90 bits per heavy atom. The monoisotopic (exact) mass is 598 g/mol. The number of benzene rings is 1. The number of amidine groups is 1. The minimum absolute atomic E-state index is 0.0490. The number of nitrogens with zero attached hydrogens (tertiary/aromatic N) is 5. The predicted octanol–water partition coefficient (Wildman–Crippen LogP) is 3.50. The molecule has 3 atom stereocenters. The molecule has 1 fully saturated rings. The van der Waals surface area contributed by atoms with E-state index in [4.69, 9.17) is 35.3 Å². The molecule has 1 aliphatic rings. The van der Waals surface area contributed by atoms with E-state index in [0.29, 0.717) is 41.3 Å². The Morgan fingerprint density at radius 1 is 1.23 bits per heavy atom. The van der Waals surface area contributed by atoms with Crippen molar-refractivity contribution in [3.8, 4) is 17.2 Å². The maximum Gasteiger partial charge on any atom is 0.243 e. The smallest absolute Gasteiger partial charge is 0.243 e. The van der Waals surface area contributed by atoms with Crippen LogP contribution in [-0.2, 0) is 24.2 Å². The van der Waals surface area contributed by atoms with Gasteiger partial charge in [0.05, 0.1) is 40.1 Å². The van der Waals surface area contributed by atoms with Gasteiger partial charge < -0.3 is 23.7 Å². The van der Waals surface area contributed by atoms with Crippen molar-refractivity contribution in [2.24, 2.45) is 9.98 Å². The zero-order valence-electron chi connectivity index (χ0n) is 23.3. The van der Waals surface area contributed by atoms with Crippen molar-refractivity contribution in [1.82, 2.24) is 14.8 Å². The summed E-state index contributed by atoms with van der Waals surface area (Å²) >= 11 is 5.92. The van der Waals surface area contributed by atoms with E-state index >= 15 is 0 Å². The number of para-hydroxylation sites is 1. The molecule has 40 heavy (non-hydrogen) atoms. The fourth-order valence-electron chi connectivity index (χ4n) is 3.90. The third kappa shape index (κ3) is 7.37. The summed E-state index contributed by atoms with van der Waals surface area (Å²) in [5.74, 6) is 0.998. The molecule has 0 unspecified atom stereocenters. The molecule has 0 radical (unpaired) electrons. The van der Waals surface area contributed by atoms with E-state index in [-0.39, 0.29) is 24.5 Å². The van der Waals surface area contributed by atoms with Gasteiger partial charge in [0, 0.05) is 11.2 Å². The lowest BCUT2D eigenvalue weighted by Crippen LogP contribution is -2.43. The van der Waals surface area contributed by atoms with Crippen LogP contribution in [-0.4, -0.2) is 87.2 Å². The summed E-state index contributed by atoms with van der Waals surface area (Å²) in [5.41, 5.74) is 0.375. The van der Waals surface area contributed by atoms with Gasteiger partial charge in [0.15, 0.2) is 11.7 Å². The number of nitrogens with one attached hydrogen (secondary N) is 1. The van der Waals surface area contributed by atoms with Crippen molar-refractivity contribution in [2.75, 3.05) is 38.8 Å². The van der Waals surface area contributed by atoms with Gasteiger partial charge in [0.1, 0.15) is 34.6 Å². The van der Waals surface area contributed by atoms with Crippen LogP contribution in [0.1, 0.15) is 39.6 Å². The van der Waals surface area contributed by atoms with Gasteiger partial charge >= 0.3 is 0 Å². The van der Waals surface area contributed by atoms with E-state index in [1.54, 1.807) is 39.0 Å². The van der Waals surface area contributed by atoms with Crippen LogP contribution in [0.5, 0.6) is 11.5 Å². The first-order chi connectivity index (χ1) is 19.0. The molecule has 0 aliphatic carbocycles. The number of aromatic nitrogens is 3. The minimum atomic E-state index is -4.21. The fourth-order valence-corrected chi connectivity index (χ4v) is 5.03. The quantitative estimate of drug-likeness (QED) is 0.286. The van der Waals surface area contributed by atoms with Crippen LogP contribution < -0.4 is 14.2 Å². The number of anilines is 1. The molecule has 0 amide bonds. The molecule has 0 bridgehead atoms. The Kier molecular flexibility index (Phi) is 11.0. The average molecular weight is 599 g/mol. The number of hydrogen-bond acceptors (Lipinski definition) is 10. The van der Waals surface area contributed by atoms with E-state index in [2.05, 4.69) is 31.6 Å². The molecule has 0 spiro atoms. The second kappa shape index (κ2) is 14.0. The van der Waals surface area contributed by atoms with E-state index in [1.165, 1.54) is 31.9 Å². The van der Waals surface area contributed by atoms with Crippen LogP contribution >= 0.6 is 11.6 Å². The van der Waals surface area contributed by atoms with Gasteiger partial charge in [-0.25, -0.2) is 18.4 Å². The van der Waals surface area contributed by atoms with Gasteiger partial charge in [-0.3, -0.25) is 9.29 Å². The first kappa shape index (κ1) is 31.5. The van der Waals surface area contributed by atoms with Crippen molar-refractivity contribution < 1.29 is 32.1 Å². The topological polar surface area (TPSA) is 148 Å². The Labute approximate surface area is 239 Å². The van der Waals surface area contributed by atoms with Crippen molar-refractivity contribution in [2.45, 2.75) is 51.3 Å². The zero-order chi connectivity index (χ0) is 29.4. The highest BCUT2D eigenvalue weighted by atomic mass is 35.5. The molecule has 1 aromatic carbocycles. The summed E-state index contributed by atoms with van der Waals surface area (Å²) in [4.78, 5) is 8.11. The molecule has 0 saturated carbocycles. The Hall–Kier alpha value is -3.04. The largest absolute Gasteiger partial charge is 0.494 e. The molecule has 2 aromatic rings. The molecule has 1 N–H and O–H groups in total. The Balaban J connectivity index is 2.13. The zero-order valence-corrected chi connectivity index (χ0v) is 24.9. The van der Waals surface area contributed by atoms with Crippen molar-refractivity contribution in [3.05, 3.63) is 35.3 Å². The molecule has 2 heterocycles. The molecule has 1 aliphatic heterocycles. The molecule has 15 heteroatoms. The Bertz CT molecular complexity index is 1310. The van der Waals surface area contributed by atoms with Gasteiger partial charge in [0.25, 0.3) is 0 Å². The van der Waals surface area contributed by atoms with Gasteiger partial charge in [-0.1, -0.05) is 17.7 Å². The second-order valence-corrected chi connectivity index (χ2v) is 11.6. The molecule has 3 rings (SSSR count). The molecule has 220 valence electrons. The van der Waals surface area contributed by atoms with Crippen LogP contribution in [0.15, 0.2) is 39.4 Å². The fraction of sp³-hybridized carbons (Fsp3) is 0.520. The standard InChI is InChI=1S/C25H35ClN6O7S/c1-15(2)39-22(23(27-5)28-13-16(3)26)17(4)40(33,34)31-25-30-29-24(20-14-37-11-12-38-20)32(25)21-18(35-6)9-8-10-19(21)36-7/h8-10,13,15,17,20,22H,5,11-12,14H2,1-4,6-7H3,(H,30,31)/b16-13+,28-23?/t17-,20+,22+/m0/s1. The number of sulfonamides is 1. The molecular weight excluding hydrogens is 564 g/mol. The summed E-state index contributed by atoms with van der Waals surface area (Å²) in [5, 5.41) is 7.61. The number of rotatable bonds is 12. The highest BCUT2D eigenvalue weighted by molar-refractivity contribution is 7.93. The maximum absolute atomic E-state index is 13.8. The number of halogens is 1. The van der Waals surface area contributed by atoms with Gasteiger partial charge in [-0.05, 0) is 46.5 Å². The van der Waals surface area contributed by atoms with Crippen molar-refractivity contribution in [1.29, 1.82) is 0 Å². The number of allylic oxidation sites excluding steroid dienone is 1. The molecule has 1 saturated heterocycles. The summed E-state index contributed by atoms with van der Waals surface area (Å²) < 4.78 is 60.2.